The van der Waals surface area contributed by atoms with Crippen molar-refractivity contribution in [3.05, 3.63) is 29.7 Å². The molecule has 0 saturated carbocycles. The maximum Gasteiger partial charge on any atom is 0.230 e. The number of carbonyl (C=O) groups is 1. The van der Waals surface area contributed by atoms with Crippen molar-refractivity contribution in [1.82, 2.24) is 29.5 Å². The Hall–Kier alpha value is -2.81. The van der Waals surface area contributed by atoms with Crippen LogP contribution < -0.4 is 0 Å². The summed E-state index contributed by atoms with van der Waals surface area (Å²) >= 11 is 0. The minimum Gasteiger partial charge on any atom is -0.343 e. The summed E-state index contributed by atoms with van der Waals surface area (Å²) in [5, 5.41) is 4.16. The summed E-state index contributed by atoms with van der Waals surface area (Å²) in [7, 11) is 1.90. The van der Waals surface area contributed by atoms with Gasteiger partial charge in [-0.15, -0.1) is 0 Å². The number of aromatic nitrogens is 4. The Labute approximate surface area is 192 Å². The summed E-state index contributed by atoms with van der Waals surface area (Å²) in [6.07, 6.45) is 4.70. The van der Waals surface area contributed by atoms with Gasteiger partial charge in [0.15, 0.2) is 0 Å². The van der Waals surface area contributed by atoms with Crippen molar-refractivity contribution in [2.75, 3.05) is 26.2 Å². The average molecular weight is 455 g/mol. The van der Waals surface area contributed by atoms with Gasteiger partial charge in [0.25, 0.3) is 0 Å². The predicted octanol–water partition coefficient (Wildman–Crippen LogP) is 3.52. The normalized spacial score (nSPS) is 19.0. The second kappa shape index (κ2) is 8.85. The van der Waals surface area contributed by atoms with Crippen LogP contribution in [0.15, 0.2) is 16.7 Å². The van der Waals surface area contributed by atoms with Crippen molar-refractivity contribution in [3.8, 4) is 11.4 Å². The van der Waals surface area contributed by atoms with Crippen LogP contribution in [-0.2, 0) is 18.3 Å². The zero-order chi connectivity index (χ0) is 23.1. The number of hydrogen-bond donors (Lipinski definition) is 0. The summed E-state index contributed by atoms with van der Waals surface area (Å²) < 4.78 is 22.4. The number of carbonyl (C=O) groups excluding carboxylic acids is 1. The number of nitrogens with zero attached hydrogens (tertiary/aromatic N) is 6. The number of aryl methyl sites for hydroxylation is 2. The molecule has 1 aromatic carbocycles. The van der Waals surface area contributed by atoms with Gasteiger partial charge in [-0.3, -0.25) is 4.79 Å². The van der Waals surface area contributed by atoms with Gasteiger partial charge in [-0.25, -0.2) is 9.37 Å². The molecule has 2 aromatic heterocycles. The molecule has 33 heavy (non-hydrogen) atoms. The highest BCUT2D eigenvalue weighted by Gasteiger charge is 2.32. The van der Waals surface area contributed by atoms with Gasteiger partial charge in [-0.2, -0.15) is 4.98 Å². The largest absolute Gasteiger partial charge is 0.343 e. The van der Waals surface area contributed by atoms with Gasteiger partial charge in [0, 0.05) is 45.4 Å². The molecular formula is C24H31FN6O2. The minimum atomic E-state index is -0.368. The molecule has 0 spiro atoms. The lowest BCUT2D eigenvalue weighted by molar-refractivity contribution is -0.130. The molecular weight excluding hydrogens is 423 g/mol. The van der Waals surface area contributed by atoms with E-state index in [0.717, 1.165) is 69.6 Å². The monoisotopic (exact) mass is 454 g/mol. The van der Waals surface area contributed by atoms with E-state index in [0.29, 0.717) is 23.0 Å². The van der Waals surface area contributed by atoms with Crippen LogP contribution in [0.3, 0.4) is 0 Å². The Morgan fingerprint density at radius 2 is 1.85 bits per heavy atom. The Balaban J connectivity index is 1.29. The van der Waals surface area contributed by atoms with Crippen molar-refractivity contribution in [3.63, 3.8) is 0 Å². The van der Waals surface area contributed by atoms with Crippen molar-refractivity contribution in [1.29, 1.82) is 0 Å². The lowest BCUT2D eigenvalue weighted by Gasteiger charge is -2.41. The molecule has 0 radical (unpaired) electrons. The zero-order valence-corrected chi connectivity index (χ0v) is 19.6. The van der Waals surface area contributed by atoms with E-state index in [-0.39, 0.29) is 23.5 Å². The molecule has 3 aromatic rings. The number of imidazole rings is 1. The van der Waals surface area contributed by atoms with Gasteiger partial charge in [-0.1, -0.05) is 12.1 Å². The number of fused-ring (bicyclic) bond motifs is 1. The Morgan fingerprint density at radius 1 is 1.12 bits per heavy atom. The van der Waals surface area contributed by atoms with Crippen LogP contribution in [-0.4, -0.2) is 67.6 Å². The van der Waals surface area contributed by atoms with E-state index in [1.807, 2.05) is 23.4 Å². The molecule has 9 heteroatoms. The fraction of sp³-hybridized carbons (Fsp3) is 0.583. The number of benzene rings is 1. The molecule has 2 fully saturated rings. The number of amides is 1. The van der Waals surface area contributed by atoms with Gasteiger partial charge >= 0.3 is 0 Å². The highest BCUT2D eigenvalue weighted by Crippen LogP contribution is 2.34. The molecule has 0 unspecified atom stereocenters. The first-order valence-electron chi connectivity index (χ1n) is 11.9. The van der Waals surface area contributed by atoms with Gasteiger partial charge in [0.05, 0.1) is 16.6 Å². The van der Waals surface area contributed by atoms with Gasteiger partial charge in [0.2, 0.25) is 17.6 Å². The van der Waals surface area contributed by atoms with Crippen LogP contribution in [0, 0.1) is 5.82 Å². The fourth-order valence-corrected chi connectivity index (χ4v) is 5.42. The standard InChI is InChI=1S/C24H31FN6O2/c1-4-20-26-19-6-5-18(25)21(22(19)29(20)3)23-27-24(33-28-23)16-7-11-31(12-8-16)17-9-13-30(14-10-17)15(2)32/h5-6,16-17H,4,7-14H2,1-3H3. The molecule has 2 saturated heterocycles. The molecule has 5 rings (SSSR count). The Morgan fingerprint density at radius 3 is 2.52 bits per heavy atom. The molecule has 8 nitrogen and oxygen atoms in total. The summed E-state index contributed by atoms with van der Waals surface area (Å²) in [5.74, 6) is 1.75. The molecule has 0 atom stereocenters. The van der Waals surface area contributed by atoms with Crippen LogP contribution in [0.4, 0.5) is 4.39 Å². The third-order valence-corrected chi connectivity index (χ3v) is 7.36. The Kier molecular flexibility index (Phi) is 5.90. The summed E-state index contributed by atoms with van der Waals surface area (Å²) in [6, 6.07) is 3.66. The van der Waals surface area contributed by atoms with Crippen molar-refractivity contribution < 1.29 is 13.7 Å². The molecule has 2 aliphatic heterocycles. The second-order valence-electron chi connectivity index (χ2n) is 9.23. The smallest absolute Gasteiger partial charge is 0.230 e. The van der Waals surface area contributed by atoms with Gasteiger partial charge < -0.3 is 18.9 Å². The van der Waals surface area contributed by atoms with E-state index in [4.69, 9.17) is 4.52 Å². The third kappa shape index (κ3) is 4.03. The second-order valence-corrected chi connectivity index (χ2v) is 9.23. The lowest BCUT2D eigenvalue weighted by Crippen LogP contribution is -2.48. The molecule has 0 N–H and O–H groups in total. The van der Waals surface area contributed by atoms with Crippen molar-refractivity contribution >= 4 is 16.9 Å². The number of hydrogen-bond acceptors (Lipinski definition) is 6. The molecule has 0 bridgehead atoms. The average Bonchev–Trinajstić information content (AvgIpc) is 3.44. The SMILES string of the molecule is CCc1nc2ccc(F)c(-c3noc(C4CCN(C5CCN(C(C)=O)CC5)CC4)n3)c2n1C. The van der Waals surface area contributed by atoms with Crippen LogP contribution in [0.5, 0.6) is 0 Å². The number of piperidine rings is 2. The quantitative estimate of drug-likeness (QED) is 0.600. The maximum absolute atomic E-state index is 14.9. The summed E-state index contributed by atoms with van der Waals surface area (Å²) in [5.41, 5.74) is 1.79. The summed E-state index contributed by atoms with van der Waals surface area (Å²) in [6.45, 7) is 7.31. The van der Waals surface area contributed by atoms with Crippen LogP contribution in [0.25, 0.3) is 22.4 Å². The van der Waals surface area contributed by atoms with E-state index in [1.54, 1.807) is 13.0 Å². The molecule has 4 heterocycles. The van der Waals surface area contributed by atoms with Crippen molar-refractivity contribution in [2.24, 2.45) is 7.05 Å². The van der Waals surface area contributed by atoms with Crippen LogP contribution in [0.1, 0.15) is 57.2 Å². The molecule has 1 amide bonds. The first-order valence-corrected chi connectivity index (χ1v) is 11.9. The highest BCUT2D eigenvalue weighted by atomic mass is 19.1. The summed E-state index contributed by atoms with van der Waals surface area (Å²) in [4.78, 5) is 25.3. The van der Waals surface area contributed by atoms with Crippen LogP contribution >= 0.6 is 0 Å². The molecule has 176 valence electrons. The predicted molar refractivity (Wildman–Crippen MR) is 122 cm³/mol. The van der Waals surface area contributed by atoms with E-state index in [1.165, 1.54) is 6.07 Å². The minimum absolute atomic E-state index is 0.170. The fourth-order valence-electron chi connectivity index (χ4n) is 5.42. The van der Waals surface area contributed by atoms with E-state index in [2.05, 4.69) is 20.0 Å². The number of likely N-dealkylation sites (tertiary alicyclic amines) is 2. The zero-order valence-electron chi connectivity index (χ0n) is 19.6. The highest BCUT2D eigenvalue weighted by molar-refractivity contribution is 5.91. The number of halogens is 1. The van der Waals surface area contributed by atoms with Gasteiger partial charge in [0.1, 0.15) is 11.6 Å². The number of rotatable bonds is 4. The van der Waals surface area contributed by atoms with E-state index in [9.17, 15) is 9.18 Å². The van der Waals surface area contributed by atoms with Crippen LogP contribution in [0.2, 0.25) is 0 Å². The molecule has 0 aliphatic carbocycles. The lowest BCUT2D eigenvalue weighted by atomic mass is 9.93. The molecule has 2 aliphatic rings. The first-order chi connectivity index (χ1) is 16.0. The first kappa shape index (κ1) is 22.0. The maximum atomic E-state index is 14.9. The Bertz CT molecular complexity index is 1160. The van der Waals surface area contributed by atoms with Crippen molar-refractivity contribution in [2.45, 2.75) is 57.9 Å². The van der Waals surface area contributed by atoms with Gasteiger partial charge in [-0.05, 0) is 50.9 Å². The van der Waals surface area contributed by atoms with E-state index < -0.39 is 0 Å². The topological polar surface area (TPSA) is 80.3 Å². The van der Waals surface area contributed by atoms with E-state index >= 15 is 0 Å². The third-order valence-electron chi connectivity index (χ3n) is 7.36.